The Morgan fingerprint density at radius 1 is 1.89 bits per heavy atom. The molecule has 0 saturated heterocycles. The molecule has 0 fully saturated rings. The standard InChI is InChI=1S/C5H5N3O/c1-4-5(6-3-9)2-7-8-4/h2H,1H3,(H,7,8). The number of hydrogen-bond acceptors (Lipinski definition) is 3. The Morgan fingerprint density at radius 2 is 2.67 bits per heavy atom. The van der Waals surface area contributed by atoms with Gasteiger partial charge >= 0.3 is 0 Å². The molecule has 1 N–H and O–H groups in total. The topological polar surface area (TPSA) is 58.1 Å². The van der Waals surface area contributed by atoms with Gasteiger partial charge in [-0.3, -0.25) is 5.10 Å². The summed E-state index contributed by atoms with van der Waals surface area (Å²) in [5, 5.41) is 6.30. The molecule has 0 spiro atoms. The molecule has 1 heterocycles. The number of aromatic amines is 1. The summed E-state index contributed by atoms with van der Waals surface area (Å²) >= 11 is 0. The number of aryl methyl sites for hydroxylation is 1. The SMILES string of the molecule is Cc1n[nH]cc1N=C=O. The van der Waals surface area contributed by atoms with E-state index >= 15 is 0 Å². The number of isocyanates is 1. The van der Waals surface area contributed by atoms with Crippen molar-refractivity contribution in [3.8, 4) is 0 Å². The van der Waals surface area contributed by atoms with Gasteiger partial charge in [0.1, 0.15) is 5.69 Å². The Kier molecular flexibility index (Phi) is 1.42. The number of nitrogens with one attached hydrogen (secondary N) is 1. The second-order valence-corrected chi connectivity index (χ2v) is 1.56. The largest absolute Gasteiger partial charge is 0.283 e. The molecular weight excluding hydrogens is 118 g/mol. The van der Waals surface area contributed by atoms with E-state index in [9.17, 15) is 4.79 Å². The number of aliphatic imine (C=N–C) groups is 1. The number of aromatic nitrogens is 2. The fraction of sp³-hybridized carbons (Fsp3) is 0.200. The first-order valence-electron chi connectivity index (χ1n) is 2.43. The van der Waals surface area contributed by atoms with Crippen LogP contribution in [0.1, 0.15) is 5.69 Å². The second kappa shape index (κ2) is 2.24. The zero-order chi connectivity index (χ0) is 6.69. The lowest BCUT2D eigenvalue weighted by Gasteiger charge is -1.77. The summed E-state index contributed by atoms with van der Waals surface area (Å²) in [4.78, 5) is 13.1. The molecule has 46 valence electrons. The smallest absolute Gasteiger partial charge is 0.240 e. The van der Waals surface area contributed by atoms with Crippen LogP contribution < -0.4 is 0 Å². The van der Waals surface area contributed by atoms with Gasteiger partial charge in [0.2, 0.25) is 6.08 Å². The van der Waals surface area contributed by atoms with Crippen LogP contribution >= 0.6 is 0 Å². The van der Waals surface area contributed by atoms with Gasteiger partial charge in [-0.15, -0.1) is 0 Å². The fourth-order valence-corrected chi connectivity index (χ4v) is 0.514. The molecule has 4 nitrogen and oxygen atoms in total. The molecule has 4 heteroatoms. The molecule has 0 aliphatic rings. The van der Waals surface area contributed by atoms with Crippen molar-refractivity contribution in [2.45, 2.75) is 6.92 Å². The van der Waals surface area contributed by atoms with E-state index in [1.54, 1.807) is 13.1 Å². The number of carbonyl (C=O) groups excluding carboxylic acids is 1. The first-order valence-corrected chi connectivity index (χ1v) is 2.43. The Bertz CT molecular complexity index is 246. The quantitative estimate of drug-likeness (QED) is 0.441. The highest BCUT2D eigenvalue weighted by molar-refractivity contribution is 5.49. The average molecular weight is 123 g/mol. The van der Waals surface area contributed by atoms with Gasteiger partial charge in [0.05, 0.1) is 5.69 Å². The molecular formula is C5H5N3O. The van der Waals surface area contributed by atoms with Crippen LogP contribution in [0.15, 0.2) is 11.2 Å². The highest BCUT2D eigenvalue weighted by atomic mass is 16.1. The minimum atomic E-state index is 0.546. The van der Waals surface area contributed by atoms with Crippen molar-refractivity contribution in [2.24, 2.45) is 4.99 Å². The highest BCUT2D eigenvalue weighted by Crippen LogP contribution is 2.11. The van der Waals surface area contributed by atoms with Crippen LogP contribution in [0.2, 0.25) is 0 Å². The van der Waals surface area contributed by atoms with Crippen molar-refractivity contribution in [1.82, 2.24) is 10.2 Å². The Labute approximate surface area is 51.6 Å². The molecule has 0 aliphatic heterocycles. The van der Waals surface area contributed by atoms with E-state index in [-0.39, 0.29) is 0 Å². The lowest BCUT2D eigenvalue weighted by molar-refractivity contribution is 0.565. The zero-order valence-corrected chi connectivity index (χ0v) is 4.88. The lowest BCUT2D eigenvalue weighted by atomic mass is 10.4. The van der Waals surface area contributed by atoms with E-state index in [2.05, 4.69) is 15.2 Å². The molecule has 9 heavy (non-hydrogen) atoms. The van der Waals surface area contributed by atoms with Crippen molar-refractivity contribution in [1.29, 1.82) is 0 Å². The molecule has 0 bridgehead atoms. The normalized spacial score (nSPS) is 8.56. The maximum Gasteiger partial charge on any atom is 0.240 e. The summed E-state index contributed by atoms with van der Waals surface area (Å²) < 4.78 is 0. The zero-order valence-electron chi connectivity index (χ0n) is 4.88. The summed E-state index contributed by atoms with van der Waals surface area (Å²) in [6.45, 7) is 1.76. The van der Waals surface area contributed by atoms with Crippen molar-refractivity contribution in [3.05, 3.63) is 11.9 Å². The Balaban J connectivity index is 3.07. The van der Waals surface area contributed by atoms with Gasteiger partial charge in [0.25, 0.3) is 0 Å². The Morgan fingerprint density at radius 3 is 3.11 bits per heavy atom. The minimum Gasteiger partial charge on any atom is -0.283 e. The monoisotopic (exact) mass is 123 g/mol. The Hall–Kier alpha value is -1.41. The highest BCUT2D eigenvalue weighted by Gasteiger charge is 1.94. The third kappa shape index (κ3) is 1.03. The molecule has 0 amide bonds. The van der Waals surface area contributed by atoms with E-state index in [4.69, 9.17) is 0 Å². The van der Waals surface area contributed by atoms with Gasteiger partial charge in [0, 0.05) is 6.20 Å². The summed E-state index contributed by atoms with van der Waals surface area (Å²) in [5.41, 5.74) is 1.25. The summed E-state index contributed by atoms with van der Waals surface area (Å²) in [5.74, 6) is 0. The van der Waals surface area contributed by atoms with Crippen LogP contribution in [0, 0.1) is 6.92 Å². The molecule has 0 saturated carbocycles. The van der Waals surface area contributed by atoms with Crippen molar-refractivity contribution in [2.75, 3.05) is 0 Å². The molecule has 1 aromatic rings. The fourth-order valence-electron chi connectivity index (χ4n) is 0.514. The molecule has 0 atom stereocenters. The number of rotatable bonds is 1. The number of nitrogens with zero attached hydrogens (tertiary/aromatic N) is 2. The first kappa shape index (κ1) is 5.72. The van der Waals surface area contributed by atoms with Crippen LogP contribution in [-0.2, 0) is 4.79 Å². The molecule has 0 unspecified atom stereocenters. The van der Waals surface area contributed by atoms with Crippen LogP contribution in [0.3, 0.4) is 0 Å². The number of H-pyrrole nitrogens is 1. The van der Waals surface area contributed by atoms with E-state index in [0.29, 0.717) is 11.4 Å². The van der Waals surface area contributed by atoms with Crippen molar-refractivity contribution < 1.29 is 4.79 Å². The van der Waals surface area contributed by atoms with Crippen molar-refractivity contribution in [3.63, 3.8) is 0 Å². The maximum absolute atomic E-state index is 9.69. The summed E-state index contributed by atoms with van der Waals surface area (Å²) in [7, 11) is 0. The van der Waals surface area contributed by atoms with Gasteiger partial charge in [-0.1, -0.05) is 0 Å². The van der Waals surface area contributed by atoms with Gasteiger partial charge in [-0.2, -0.15) is 10.1 Å². The van der Waals surface area contributed by atoms with E-state index in [0.717, 1.165) is 0 Å². The molecule has 0 aliphatic carbocycles. The van der Waals surface area contributed by atoms with Crippen LogP contribution in [-0.4, -0.2) is 16.3 Å². The first-order chi connectivity index (χ1) is 4.34. The van der Waals surface area contributed by atoms with Gasteiger partial charge in [0.15, 0.2) is 0 Å². The van der Waals surface area contributed by atoms with E-state index in [1.807, 2.05) is 0 Å². The van der Waals surface area contributed by atoms with E-state index < -0.39 is 0 Å². The third-order valence-electron chi connectivity index (χ3n) is 0.970. The minimum absolute atomic E-state index is 0.546. The van der Waals surface area contributed by atoms with Gasteiger partial charge in [-0.05, 0) is 6.92 Å². The molecule has 1 rings (SSSR count). The third-order valence-corrected chi connectivity index (χ3v) is 0.970. The predicted octanol–water partition coefficient (Wildman–Crippen LogP) is 0.685. The summed E-state index contributed by atoms with van der Waals surface area (Å²) in [6.07, 6.45) is 2.97. The molecule has 0 aromatic carbocycles. The number of hydrogen-bond donors (Lipinski definition) is 1. The lowest BCUT2D eigenvalue weighted by Crippen LogP contribution is -1.68. The summed E-state index contributed by atoms with van der Waals surface area (Å²) in [6, 6.07) is 0. The van der Waals surface area contributed by atoms with Crippen molar-refractivity contribution >= 4 is 11.8 Å². The van der Waals surface area contributed by atoms with Crippen LogP contribution in [0.5, 0.6) is 0 Å². The molecule has 1 aromatic heterocycles. The van der Waals surface area contributed by atoms with E-state index in [1.165, 1.54) is 6.08 Å². The maximum atomic E-state index is 9.69. The predicted molar refractivity (Wildman–Crippen MR) is 31.1 cm³/mol. The van der Waals surface area contributed by atoms with Gasteiger partial charge < -0.3 is 0 Å². The average Bonchev–Trinajstić information content (AvgIpc) is 2.18. The second-order valence-electron chi connectivity index (χ2n) is 1.56. The van der Waals surface area contributed by atoms with Crippen LogP contribution in [0.25, 0.3) is 0 Å². The molecule has 0 radical (unpaired) electrons. The van der Waals surface area contributed by atoms with Crippen LogP contribution in [0.4, 0.5) is 5.69 Å². The van der Waals surface area contributed by atoms with Gasteiger partial charge in [-0.25, -0.2) is 4.79 Å².